The monoisotopic (exact) mass is 293 g/mol. The zero-order valence-electron chi connectivity index (χ0n) is 12.9. The van der Waals surface area contributed by atoms with Crippen molar-refractivity contribution in [1.82, 2.24) is 4.98 Å². The highest BCUT2D eigenvalue weighted by Gasteiger charge is 2.52. The van der Waals surface area contributed by atoms with Crippen LogP contribution >= 0.6 is 11.3 Å². The van der Waals surface area contributed by atoms with Gasteiger partial charge in [-0.2, -0.15) is 0 Å². The molecule has 0 aromatic carbocycles. The van der Waals surface area contributed by atoms with Crippen LogP contribution in [-0.2, 0) is 9.31 Å². The lowest BCUT2D eigenvalue weighted by molar-refractivity contribution is 0.00578. The van der Waals surface area contributed by atoms with Gasteiger partial charge in [-0.3, -0.25) is 0 Å². The van der Waals surface area contributed by atoms with Crippen molar-refractivity contribution < 1.29 is 9.31 Å². The molecule has 1 aromatic heterocycles. The molecule has 110 valence electrons. The molecule has 1 aliphatic carbocycles. The second kappa shape index (κ2) is 5.11. The van der Waals surface area contributed by atoms with Crippen LogP contribution in [0.5, 0.6) is 0 Å². The molecule has 0 spiro atoms. The van der Waals surface area contributed by atoms with E-state index in [9.17, 15) is 0 Å². The smallest absolute Gasteiger partial charge is 0.399 e. The van der Waals surface area contributed by atoms with E-state index in [4.69, 9.17) is 9.31 Å². The van der Waals surface area contributed by atoms with Crippen LogP contribution in [0.2, 0.25) is 0 Å². The summed E-state index contributed by atoms with van der Waals surface area (Å²) in [7, 11) is -0.255. The van der Waals surface area contributed by atoms with Crippen LogP contribution in [0.3, 0.4) is 0 Å². The van der Waals surface area contributed by atoms with Crippen molar-refractivity contribution in [3.63, 3.8) is 0 Å². The van der Waals surface area contributed by atoms with Gasteiger partial charge >= 0.3 is 7.12 Å². The lowest BCUT2D eigenvalue weighted by Crippen LogP contribution is -2.41. The first-order valence-corrected chi connectivity index (χ1v) is 8.52. The summed E-state index contributed by atoms with van der Waals surface area (Å²) in [6.07, 6.45) is 8.60. The molecule has 1 saturated carbocycles. The van der Waals surface area contributed by atoms with Crippen molar-refractivity contribution in [2.24, 2.45) is 0 Å². The molecule has 2 fully saturated rings. The number of rotatable bonds is 2. The molecular weight excluding hydrogens is 269 g/mol. The topological polar surface area (TPSA) is 31.4 Å². The third kappa shape index (κ3) is 2.56. The molecule has 0 atom stereocenters. The molecule has 1 aliphatic heterocycles. The zero-order valence-corrected chi connectivity index (χ0v) is 13.8. The SMILES string of the molecule is CC1(C)OB(c2cnc(C3CCCCC3)s2)OC1(C)C. The van der Waals surface area contributed by atoms with Crippen molar-refractivity contribution in [1.29, 1.82) is 0 Å². The molecule has 5 heteroatoms. The first-order chi connectivity index (χ1) is 9.39. The fourth-order valence-corrected chi connectivity index (χ4v) is 3.95. The molecule has 2 aliphatic rings. The third-order valence-electron chi connectivity index (χ3n) is 4.98. The number of aromatic nitrogens is 1. The second-order valence-corrected chi connectivity index (χ2v) is 8.12. The first kappa shape index (κ1) is 14.5. The van der Waals surface area contributed by atoms with E-state index in [1.165, 1.54) is 37.1 Å². The van der Waals surface area contributed by atoms with Gasteiger partial charge in [-0.25, -0.2) is 4.98 Å². The summed E-state index contributed by atoms with van der Waals surface area (Å²) in [6, 6.07) is 0. The molecule has 3 rings (SSSR count). The van der Waals surface area contributed by atoms with E-state index >= 15 is 0 Å². The van der Waals surface area contributed by atoms with Crippen molar-refractivity contribution in [2.75, 3.05) is 0 Å². The van der Waals surface area contributed by atoms with Crippen LogP contribution in [0.1, 0.15) is 70.7 Å². The molecule has 2 heterocycles. The normalized spacial score (nSPS) is 26.1. The molecule has 1 aromatic rings. The maximum Gasteiger partial charge on any atom is 0.507 e. The Morgan fingerprint density at radius 2 is 1.70 bits per heavy atom. The maximum absolute atomic E-state index is 6.10. The number of thiazole rings is 1. The fraction of sp³-hybridized carbons (Fsp3) is 0.800. The lowest BCUT2D eigenvalue weighted by Gasteiger charge is -2.32. The Morgan fingerprint density at radius 1 is 1.10 bits per heavy atom. The first-order valence-electron chi connectivity index (χ1n) is 7.70. The quantitative estimate of drug-likeness (QED) is 0.782. The van der Waals surface area contributed by atoms with Gasteiger partial charge in [-0.1, -0.05) is 19.3 Å². The summed E-state index contributed by atoms with van der Waals surface area (Å²) in [6.45, 7) is 8.37. The Kier molecular flexibility index (Phi) is 3.72. The minimum Gasteiger partial charge on any atom is -0.399 e. The minimum absolute atomic E-state index is 0.255. The van der Waals surface area contributed by atoms with Crippen molar-refractivity contribution in [3.05, 3.63) is 11.2 Å². The lowest BCUT2D eigenvalue weighted by atomic mass is 9.89. The van der Waals surface area contributed by atoms with E-state index in [0.29, 0.717) is 5.92 Å². The van der Waals surface area contributed by atoms with Gasteiger partial charge in [0.05, 0.1) is 21.0 Å². The Labute approximate surface area is 126 Å². The predicted molar refractivity (Wildman–Crippen MR) is 83.7 cm³/mol. The number of hydrogen-bond acceptors (Lipinski definition) is 4. The Bertz CT molecular complexity index is 464. The highest BCUT2D eigenvalue weighted by molar-refractivity contribution is 7.22. The molecular formula is C15H24BNO2S. The molecule has 3 nitrogen and oxygen atoms in total. The summed E-state index contributed by atoms with van der Waals surface area (Å²) in [4.78, 5) is 4.64. The van der Waals surface area contributed by atoms with Gasteiger partial charge in [0.1, 0.15) is 0 Å². The van der Waals surface area contributed by atoms with Crippen molar-refractivity contribution >= 4 is 23.2 Å². The second-order valence-electron chi connectivity index (χ2n) is 7.02. The molecule has 20 heavy (non-hydrogen) atoms. The average Bonchev–Trinajstić information content (AvgIpc) is 2.94. The van der Waals surface area contributed by atoms with E-state index in [2.05, 4.69) is 32.7 Å². The highest BCUT2D eigenvalue weighted by atomic mass is 32.1. The van der Waals surface area contributed by atoms with Crippen LogP contribution < -0.4 is 4.78 Å². The van der Waals surface area contributed by atoms with E-state index in [-0.39, 0.29) is 18.3 Å². The van der Waals surface area contributed by atoms with Gasteiger partial charge in [0, 0.05) is 12.1 Å². The minimum atomic E-state index is -0.271. The van der Waals surface area contributed by atoms with Gasteiger partial charge in [0.15, 0.2) is 0 Å². The van der Waals surface area contributed by atoms with Crippen LogP contribution in [-0.4, -0.2) is 23.3 Å². The van der Waals surface area contributed by atoms with Crippen LogP contribution in [0.15, 0.2) is 6.20 Å². The maximum atomic E-state index is 6.10. The number of hydrogen-bond donors (Lipinski definition) is 0. The summed E-state index contributed by atoms with van der Waals surface area (Å²) in [5.74, 6) is 0.657. The molecule has 0 amide bonds. The van der Waals surface area contributed by atoms with E-state index in [0.717, 1.165) is 4.78 Å². The largest absolute Gasteiger partial charge is 0.507 e. The fourth-order valence-electron chi connectivity index (χ4n) is 2.91. The molecule has 0 bridgehead atoms. The summed E-state index contributed by atoms with van der Waals surface area (Å²) < 4.78 is 13.3. The van der Waals surface area contributed by atoms with Gasteiger partial charge in [-0.15, -0.1) is 11.3 Å². The van der Waals surface area contributed by atoms with Crippen LogP contribution in [0.25, 0.3) is 0 Å². The van der Waals surface area contributed by atoms with Crippen LogP contribution in [0.4, 0.5) is 0 Å². The van der Waals surface area contributed by atoms with E-state index in [1.54, 1.807) is 11.3 Å². The highest BCUT2D eigenvalue weighted by Crippen LogP contribution is 2.38. The van der Waals surface area contributed by atoms with E-state index < -0.39 is 0 Å². The average molecular weight is 293 g/mol. The van der Waals surface area contributed by atoms with E-state index in [1.807, 2.05) is 6.20 Å². The van der Waals surface area contributed by atoms with Gasteiger partial charge < -0.3 is 9.31 Å². The summed E-state index contributed by atoms with van der Waals surface area (Å²) in [5.41, 5.74) is -0.542. The molecule has 0 unspecified atom stereocenters. The Balaban J connectivity index is 1.74. The van der Waals surface area contributed by atoms with Crippen LogP contribution in [0, 0.1) is 0 Å². The zero-order chi connectivity index (χ0) is 14.4. The van der Waals surface area contributed by atoms with Crippen molar-refractivity contribution in [2.45, 2.75) is 76.9 Å². The van der Waals surface area contributed by atoms with Gasteiger partial charge in [0.2, 0.25) is 0 Å². The van der Waals surface area contributed by atoms with Crippen molar-refractivity contribution in [3.8, 4) is 0 Å². The number of nitrogens with zero attached hydrogens (tertiary/aromatic N) is 1. The Morgan fingerprint density at radius 3 is 2.30 bits per heavy atom. The third-order valence-corrected chi connectivity index (χ3v) is 6.16. The molecule has 0 radical (unpaired) electrons. The predicted octanol–water partition coefficient (Wildman–Crippen LogP) is 3.49. The van der Waals surface area contributed by atoms with Gasteiger partial charge in [-0.05, 0) is 40.5 Å². The Hall–Kier alpha value is -0.385. The molecule has 1 saturated heterocycles. The van der Waals surface area contributed by atoms with Gasteiger partial charge in [0.25, 0.3) is 0 Å². The summed E-state index contributed by atoms with van der Waals surface area (Å²) in [5, 5.41) is 1.27. The summed E-state index contributed by atoms with van der Waals surface area (Å²) >= 11 is 1.78. The standard InChI is InChI=1S/C15H24BNO2S/c1-14(2)15(3,4)19-16(18-14)12-10-17-13(20-12)11-8-6-5-7-9-11/h10-11H,5-9H2,1-4H3. The molecule has 0 N–H and O–H groups in total.